The van der Waals surface area contributed by atoms with E-state index in [-0.39, 0.29) is 11.2 Å². The SMILES string of the molecule is CCC(C)c1ccccc1NC(=O)C(C)Sc1nnc(C2CC2)n1-c1ccccc1. The molecular formula is C24H28N4OS. The van der Waals surface area contributed by atoms with Crippen LogP contribution in [0.1, 0.15) is 63.3 Å². The Morgan fingerprint density at radius 1 is 1.10 bits per heavy atom. The molecule has 0 radical (unpaired) electrons. The predicted octanol–water partition coefficient (Wildman–Crippen LogP) is 5.78. The Kier molecular flexibility index (Phi) is 6.23. The van der Waals surface area contributed by atoms with Gasteiger partial charge in [0, 0.05) is 17.3 Å². The molecule has 2 aromatic carbocycles. The molecule has 1 amide bonds. The molecule has 6 heteroatoms. The topological polar surface area (TPSA) is 59.8 Å². The van der Waals surface area contributed by atoms with Gasteiger partial charge in [-0.2, -0.15) is 0 Å². The van der Waals surface area contributed by atoms with E-state index >= 15 is 0 Å². The van der Waals surface area contributed by atoms with Gasteiger partial charge in [-0.15, -0.1) is 10.2 Å². The summed E-state index contributed by atoms with van der Waals surface area (Å²) in [5.41, 5.74) is 3.11. The van der Waals surface area contributed by atoms with Crippen LogP contribution in [0.15, 0.2) is 59.8 Å². The van der Waals surface area contributed by atoms with Gasteiger partial charge in [-0.1, -0.05) is 62.0 Å². The highest BCUT2D eigenvalue weighted by Crippen LogP contribution is 2.41. The van der Waals surface area contributed by atoms with E-state index in [2.05, 4.69) is 52.1 Å². The standard InChI is InChI=1S/C24H28N4OS/c1-4-16(2)20-12-8-9-13-21(20)25-23(29)17(3)30-24-27-26-22(18-14-15-18)28(24)19-10-6-5-7-11-19/h5-13,16-18H,4,14-15H2,1-3H3,(H,25,29). The molecule has 1 N–H and O–H groups in total. The summed E-state index contributed by atoms with van der Waals surface area (Å²) in [6.07, 6.45) is 3.33. The Balaban J connectivity index is 1.54. The Hall–Kier alpha value is -2.60. The van der Waals surface area contributed by atoms with Gasteiger partial charge in [-0.05, 0) is 55.9 Å². The second-order valence-corrected chi connectivity index (χ2v) is 9.24. The van der Waals surface area contributed by atoms with Crippen molar-refractivity contribution in [3.8, 4) is 5.69 Å². The highest BCUT2D eigenvalue weighted by atomic mass is 32.2. The van der Waals surface area contributed by atoms with Gasteiger partial charge >= 0.3 is 0 Å². The zero-order valence-electron chi connectivity index (χ0n) is 17.7. The molecule has 1 aliphatic rings. The second kappa shape index (κ2) is 9.04. The van der Waals surface area contributed by atoms with E-state index < -0.39 is 0 Å². The summed E-state index contributed by atoms with van der Waals surface area (Å²) in [6, 6.07) is 18.2. The molecule has 30 heavy (non-hydrogen) atoms. The van der Waals surface area contributed by atoms with Crippen molar-refractivity contribution in [3.63, 3.8) is 0 Å². The number of carbonyl (C=O) groups excluding carboxylic acids is 1. The summed E-state index contributed by atoms with van der Waals surface area (Å²) in [5.74, 6) is 1.84. The highest BCUT2D eigenvalue weighted by molar-refractivity contribution is 8.00. The summed E-state index contributed by atoms with van der Waals surface area (Å²) >= 11 is 1.46. The molecule has 3 aromatic rings. The van der Waals surface area contributed by atoms with Crippen molar-refractivity contribution >= 4 is 23.4 Å². The van der Waals surface area contributed by atoms with Crippen LogP contribution in [0, 0.1) is 0 Å². The third-order valence-corrected chi connectivity index (χ3v) is 6.67. The average molecular weight is 421 g/mol. The number of aromatic nitrogens is 3. The summed E-state index contributed by atoms with van der Waals surface area (Å²) in [5, 5.41) is 12.5. The Morgan fingerprint density at radius 2 is 1.80 bits per heavy atom. The maximum absolute atomic E-state index is 13.0. The van der Waals surface area contributed by atoms with Crippen molar-refractivity contribution < 1.29 is 4.79 Å². The van der Waals surface area contributed by atoms with Crippen molar-refractivity contribution in [1.82, 2.24) is 14.8 Å². The van der Waals surface area contributed by atoms with Crippen molar-refractivity contribution in [2.45, 2.75) is 62.3 Å². The molecule has 1 saturated carbocycles. The average Bonchev–Trinajstić information content (AvgIpc) is 3.54. The molecule has 2 atom stereocenters. The van der Waals surface area contributed by atoms with E-state index in [1.807, 2.05) is 43.3 Å². The second-order valence-electron chi connectivity index (χ2n) is 7.93. The van der Waals surface area contributed by atoms with E-state index in [9.17, 15) is 4.79 Å². The van der Waals surface area contributed by atoms with Crippen LogP contribution >= 0.6 is 11.8 Å². The third kappa shape index (κ3) is 4.43. The van der Waals surface area contributed by atoms with Crippen molar-refractivity contribution in [2.75, 3.05) is 5.32 Å². The molecule has 2 unspecified atom stereocenters. The molecule has 156 valence electrons. The van der Waals surface area contributed by atoms with E-state index in [4.69, 9.17) is 0 Å². The van der Waals surface area contributed by atoms with Crippen LogP contribution in [0.25, 0.3) is 5.69 Å². The highest BCUT2D eigenvalue weighted by Gasteiger charge is 2.32. The minimum atomic E-state index is -0.297. The first-order chi connectivity index (χ1) is 14.6. The first-order valence-corrected chi connectivity index (χ1v) is 11.5. The smallest absolute Gasteiger partial charge is 0.237 e. The van der Waals surface area contributed by atoms with Gasteiger partial charge in [0.25, 0.3) is 0 Å². The lowest BCUT2D eigenvalue weighted by atomic mass is 9.97. The van der Waals surface area contributed by atoms with E-state index in [0.717, 1.165) is 41.6 Å². The molecule has 1 aromatic heterocycles. The number of thioether (sulfide) groups is 1. The first kappa shape index (κ1) is 20.7. The first-order valence-electron chi connectivity index (χ1n) is 10.7. The van der Waals surface area contributed by atoms with Crippen LogP contribution in [0.3, 0.4) is 0 Å². The Labute approximate surface area is 182 Å². The van der Waals surface area contributed by atoms with Crippen LogP contribution in [-0.4, -0.2) is 25.9 Å². The molecule has 5 nitrogen and oxygen atoms in total. The van der Waals surface area contributed by atoms with Gasteiger partial charge in [0.1, 0.15) is 5.82 Å². The van der Waals surface area contributed by atoms with Gasteiger partial charge in [-0.25, -0.2) is 0 Å². The van der Waals surface area contributed by atoms with Gasteiger partial charge in [0.2, 0.25) is 5.91 Å². The fourth-order valence-corrected chi connectivity index (χ4v) is 4.36. The molecule has 1 heterocycles. The quantitative estimate of drug-likeness (QED) is 0.470. The number of benzene rings is 2. The fraction of sp³-hybridized carbons (Fsp3) is 0.375. The maximum atomic E-state index is 13.0. The number of hydrogen-bond donors (Lipinski definition) is 1. The van der Waals surface area contributed by atoms with Crippen molar-refractivity contribution in [2.24, 2.45) is 0 Å². The number of nitrogens with one attached hydrogen (secondary N) is 1. The molecule has 0 aliphatic heterocycles. The molecule has 1 aliphatic carbocycles. The molecule has 1 fully saturated rings. The van der Waals surface area contributed by atoms with Crippen molar-refractivity contribution in [3.05, 3.63) is 66.0 Å². The van der Waals surface area contributed by atoms with Gasteiger partial charge in [0.05, 0.1) is 5.25 Å². The monoisotopic (exact) mass is 420 g/mol. The van der Waals surface area contributed by atoms with Gasteiger partial charge < -0.3 is 5.32 Å². The van der Waals surface area contributed by atoms with Crippen LogP contribution in [0.4, 0.5) is 5.69 Å². The summed E-state index contributed by atoms with van der Waals surface area (Å²) in [4.78, 5) is 13.0. The van der Waals surface area contributed by atoms with Crippen LogP contribution < -0.4 is 5.32 Å². The lowest BCUT2D eigenvalue weighted by molar-refractivity contribution is -0.115. The summed E-state index contributed by atoms with van der Waals surface area (Å²) < 4.78 is 2.11. The van der Waals surface area contributed by atoms with Crippen LogP contribution in [0.5, 0.6) is 0 Å². The number of para-hydroxylation sites is 2. The molecular weight excluding hydrogens is 392 g/mol. The predicted molar refractivity (Wildman–Crippen MR) is 122 cm³/mol. The summed E-state index contributed by atoms with van der Waals surface area (Å²) in [7, 11) is 0. The number of anilines is 1. The normalized spacial score (nSPS) is 15.6. The minimum absolute atomic E-state index is 0.0219. The van der Waals surface area contributed by atoms with E-state index in [1.165, 1.54) is 17.3 Å². The van der Waals surface area contributed by atoms with Gasteiger partial charge in [0.15, 0.2) is 5.16 Å². The van der Waals surface area contributed by atoms with Crippen LogP contribution in [-0.2, 0) is 4.79 Å². The summed E-state index contributed by atoms with van der Waals surface area (Å²) in [6.45, 7) is 6.27. The molecule has 0 bridgehead atoms. The molecule has 0 saturated heterocycles. The number of nitrogens with zero attached hydrogens (tertiary/aromatic N) is 3. The van der Waals surface area contributed by atoms with Crippen LogP contribution in [0.2, 0.25) is 0 Å². The van der Waals surface area contributed by atoms with E-state index in [1.54, 1.807) is 0 Å². The lowest BCUT2D eigenvalue weighted by Gasteiger charge is -2.18. The Bertz CT molecular complexity index is 1010. The fourth-order valence-electron chi connectivity index (χ4n) is 3.49. The number of carbonyl (C=O) groups is 1. The Morgan fingerprint density at radius 3 is 2.50 bits per heavy atom. The zero-order valence-corrected chi connectivity index (χ0v) is 18.5. The largest absolute Gasteiger partial charge is 0.325 e. The molecule has 0 spiro atoms. The maximum Gasteiger partial charge on any atom is 0.237 e. The lowest BCUT2D eigenvalue weighted by Crippen LogP contribution is -2.23. The number of hydrogen-bond acceptors (Lipinski definition) is 4. The number of rotatable bonds is 8. The zero-order chi connectivity index (χ0) is 21.1. The van der Waals surface area contributed by atoms with Gasteiger partial charge in [-0.3, -0.25) is 9.36 Å². The number of amides is 1. The van der Waals surface area contributed by atoms with Crippen molar-refractivity contribution in [1.29, 1.82) is 0 Å². The van der Waals surface area contributed by atoms with E-state index in [0.29, 0.717) is 11.8 Å². The third-order valence-electron chi connectivity index (χ3n) is 5.63. The minimum Gasteiger partial charge on any atom is -0.325 e. The molecule has 4 rings (SSSR count).